The second-order valence-corrected chi connectivity index (χ2v) is 2.68. The third-order valence-corrected chi connectivity index (χ3v) is 1.65. The van der Waals surface area contributed by atoms with Crippen LogP contribution >= 0.6 is 0 Å². The van der Waals surface area contributed by atoms with Gasteiger partial charge in [0.1, 0.15) is 0 Å². The van der Waals surface area contributed by atoms with Crippen LogP contribution in [0.2, 0.25) is 0 Å². The van der Waals surface area contributed by atoms with Crippen molar-refractivity contribution >= 4 is 0 Å². The van der Waals surface area contributed by atoms with Crippen molar-refractivity contribution in [1.82, 2.24) is 4.98 Å². The van der Waals surface area contributed by atoms with E-state index in [1.165, 1.54) is 0 Å². The Kier molecular flexibility index (Phi) is 2.28. The molecular weight excluding hydrogens is 134 g/mol. The van der Waals surface area contributed by atoms with Gasteiger partial charge in [-0.15, -0.1) is 6.42 Å². The summed E-state index contributed by atoms with van der Waals surface area (Å²) >= 11 is 0. The fourth-order valence-electron chi connectivity index (χ4n) is 0.911. The predicted octanol–water partition coefficient (Wildman–Crippen LogP) is 2.13. The highest BCUT2D eigenvalue weighted by Gasteiger charge is 2.00. The Morgan fingerprint density at radius 3 is 2.82 bits per heavy atom. The largest absolute Gasteiger partial charge is 0.264 e. The minimum absolute atomic E-state index is 0.169. The molecule has 1 heteroatoms. The molecule has 0 radical (unpaired) electrons. The molecule has 0 fully saturated rings. The van der Waals surface area contributed by atoms with Gasteiger partial charge in [-0.3, -0.25) is 4.98 Å². The van der Waals surface area contributed by atoms with Crippen LogP contribution in [0, 0.1) is 19.3 Å². The third kappa shape index (κ3) is 1.81. The average molecular weight is 145 g/mol. The molecule has 1 unspecified atom stereocenters. The minimum atomic E-state index is 0.169. The van der Waals surface area contributed by atoms with Crippen LogP contribution in [-0.2, 0) is 0 Å². The second-order valence-electron chi connectivity index (χ2n) is 2.68. The maximum absolute atomic E-state index is 5.28. The summed E-state index contributed by atoms with van der Waals surface area (Å²) in [6.07, 6.45) is 8.92. The van der Waals surface area contributed by atoms with Gasteiger partial charge in [-0.05, 0) is 25.0 Å². The molecule has 0 bridgehead atoms. The average Bonchev–Trinajstić information content (AvgIpc) is 2.03. The van der Waals surface area contributed by atoms with Gasteiger partial charge in [-0.2, -0.15) is 0 Å². The van der Waals surface area contributed by atoms with E-state index in [1.54, 1.807) is 0 Å². The quantitative estimate of drug-likeness (QED) is 0.552. The molecule has 0 spiro atoms. The summed E-state index contributed by atoms with van der Waals surface area (Å²) < 4.78 is 0. The van der Waals surface area contributed by atoms with E-state index in [1.807, 2.05) is 26.2 Å². The molecule has 56 valence electrons. The lowest BCUT2D eigenvalue weighted by molar-refractivity contribution is 0.982. The van der Waals surface area contributed by atoms with E-state index in [0.29, 0.717) is 0 Å². The second kappa shape index (κ2) is 3.21. The van der Waals surface area contributed by atoms with Crippen molar-refractivity contribution < 1.29 is 0 Å². The lowest BCUT2D eigenvalue weighted by atomic mass is 10.0. The van der Waals surface area contributed by atoms with Gasteiger partial charge in [0.05, 0.1) is 0 Å². The van der Waals surface area contributed by atoms with Gasteiger partial charge >= 0.3 is 0 Å². The maximum Gasteiger partial charge on any atom is 0.0436 e. The Morgan fingerprint density at radius 1 is 1.55 bits per heavy atom. The van der Waals surface area contributed by atoms with Gasteiger partial charge in [0.25, 0.3) is 0 Å². The van der Waals surface area contributed by atoms with E-state index in [4.69, 9.17) is 6.42 Å². The minimum Gasteiger partial charge on any atom is -0.264 e. The summed E-state index contributed by atoms with van der Waals surface area (Å²) in [7, 11) is 0. The van der Waals surface area contributed by atoms with Crippen LogP contribution in [-0.4, -0.2) is 4.98 Å². The molecule has 0 saturated heterocycles. The number of pyridine rings is 1. The van der Waals surface area contributed by atoms with Crippen molar-refractivity contribution in [3.63, 3.8) is 0 Å². The Labute approximate surface area is 67.5 Å². The van der Waals surface area contributed by atoms with Crippen LogP contribution in [0.25, 0.3) is 0 Å². The molecule has 1 rings (SSSR count). The number of aromatic nitrogens is 1. The van der Waals surface area contributed by atoms with Gasteiger partial charge in [-0.25, -0.2) is 0 Å². The standard InChI is InChI=1S/C10H11N/c1-4-9(3)10-5-8(2)6-11-7-10/h1,5-7,9H,2-3H3. The zero-order valence-electron chi connectivity index (χ0n) is 6.83. The zero-order valence-corrected chi connectivity index (χ0v) is 6.83. The number of rotatable bonds is 1. The molecule has 0 N–H and O–H groups in total. The monoisotopic (exact) mass is 145 g/mol. The number of aryl methyl sites for hydroxylation is 1. The maximum atomic E-state index is 5.28. The number of nitrogens with zero attached hydrogens (tertiary/aromatic N) is 1. The van der Waals surface area contributed by atoms with Crippen LogP contribution in [0.4, 0.5) is 0 Å². The smallest absolute Gasteiger partial charge is 0.0436 e. The summed E-state index contributed by atoms with van der Waals surface area (Å²) in [5, 5.41) is 0. The van der Waals surface area contributed by atoms with Crippen LogP contribution in [0.1, 0.15) is 24.0 Å². The Balaban J connectivity index is 2.98. The first kappa shape index (κ1) is 7.81. The summed E-state index contributed by atoms with van der Waals surface area (Å²) in [6, 6.07) is 2.07. The summed E-state index contributed by atoms with van der Waals surface area (Å²) in [5.74, 6) is 2.84. The SMILES string of the molecule is C#CC(C)c1cncc(C)c1. The molecule has 0 aromatic carbocycles. The van der Waals surface area contributed by atoms with Crippen LogP contribution in [0.15, 0.2) is 18.5 Å². The topological polar surface area (TPSA) is 12.9 Å². The molecule has 0 amide bonds. The van der Waals surface area contributed by atoms with Gasteiger partial charge in [0, 0.05) is 18.3 Å². The van der Waals surface area contributed by atoms with Crippen LogP contribution < -0.4 is 0 Å². The van der Waals surface area contributed by atoms with Crippen molar-refractivity contribution in [2.75, 3.05) is 0 Å². The van der Waals surface area contributed by atoms with Gasteiger partial charge in [0.15, 0.2) is 0 Å². The van der Waals surface area contributed by atoms with Crippen molar-refractivity contribution in [1.29, 1.82) is 0 Å². The van der Waals surface area contributed by atoms with E-state index < -0.39 is 0 Å². The fraction of sp³-hybridized carbons (Fsp3) is 0.300. The zero-order chi connectivity index (χ0) is 8.27. The van der Waals surface area contributed by atoms with Crippen LogP contribution in [0.5, 0.6) is 0 Å². The van der Waals surface area contributed by atoms with E-state index in [0.717, 1.165) is 11.1 Å². The molecule has 11 heavy (non-hydrogen) atoms. The van der Waals surface area contributed by atoms with Crippen molar-refractivity contribution in [3.8, 4) is 12.3 Å². The summed E-state index contributed by atoms with van der Waals surface area (Å²) in [4.78, 5) is 4.06. The molecule has 0 aliphatic carbocycles. The van der Waals surface area contributed by atoms with E-state index >= 15 is 0 Å². The number of hydrogen-bond acceptors (Lipinski definition) is 1. The first-order valence-electron chi connectivity index (χ1n) is 3.61. The first-order chi connectivity index (χ1) is 5.24. The lowest BCUT2D eigenvalue weighted by Crippen LogP contribution is -1.90. The molecule has 1 heterocycles. The number of hydrogen-bond donors (Lipinski definition) is 0. The molecule has 1 aromatic heterocycles. The highest BCUT2D eigenvalue weighted by atomic mass is 14.6. The molecule has 0 aliphatic heterocycles. The van der Waals surface area contributed by atoms with E-state index in [2.05, 4.69) is 17.0 Å². The Bertz CT molecular complexity index is 283. The van der Waals surface area contributed by atoms with E-state index in [9.17, 15) is 0 Å². The molecule has 1 aromatic rings. The lowest BCUT2D eigenvalue weighted by Gasteiger charge is -2.03. The molecule has 1 atom stereocenters. The van der Waals surface area contributed by atoms with Crippen LogP contribution in [0.3, 0.4) is 0 Å². The molecule has 1 nitrogen and oxygen atoms in total. The molecule has 0 aliphatic rings. The van der Waals surface area contributed by atoms with Crippen molar-refractivity contribution in [3.05, 3.63) is 29.6 Å². The predicted molar refractivity (Wildman–Crippen MR) is 46.2 cm³/mol. The highest BCUT2D eigenvalue weighted by molar-refractivity contribution is 5.25. The Morgan fingerprint density at radius 2 is 2.27 bits per heavy atom. The van der Waals surface area contributed by atoms with Gasteiger partial charge in [-0.1, -0.05) is 12.0 Å². The fourth-order valence-corrected chi connectivity index (χ4v) is 0.911. The molecule has 0 saturated carbocycles. The molecular formula is C10H11N. The van der Waals surface area contributed by atoms with E-state index in [-0.39, 0.29) is 5.92 Å². The first-order valence-corrected chi connectivity index (χ1v) is 3.61. The van der Waals surface area contributed by atoms with Crippen molar-refractivity contribution in [2.24, 2.45) is 0 Å². The highest BCUT2D eigenvalue weighted by Crippen LogP contribution is 2.12. The van der Waals surface area contributed by atoms with Gasteiger partial charge in [0.2, 0.25) is 0 Å². The van der Waals surface area contributed by atoms with Gasteiger partial charge < -0.3 is 0 Å². The Hall–Kier alpha value is -1.29. The number of terminal acetylenes is 1. The van der Waals surface area contributed by atoms with Crippen molar-refractivity contribution in [2.45, 2.75) is 19.8 Å². The summed E-state index contributed by atoms with van der Waals surface area (Å²) in [5.41, 5.74) is 2.28. The third-order valence-electron chi connectivity index (χ3n) is 1.65. The normalized spacial score (nSPS) is 12.1. The summed E-state index contributed by atoms with van der Waals surface area (Å²) in [6.45, 7) is 4.01.